The molecule has 2 aliphatic heterocycles. The highest BCUT2D eigenvalue weighted by atomic mass is 16.4. The number of hydrogen-bond donors (Lipinski definition) is 19. The van der Waals surface area contributed by atoms with Gasteiger partial charge in [-0.2, -0.15) is 0 Å². The van der Waals surface area contributed by atoms with Crippen molar-refractivity contribution in [2.45, 2.75) is 222 Å². The molecule has 0 aliphatic carbocycles. The Hall–Kier alpha value is -12.3. The third-order valence-corrected chi connectivity index (χ3v) is 20.6. The molecule has 3 aromatic heterocycles. The van der Waals surface area contributed by atoms with Gasteiger partial charge in [-0.15, -0.1) is 0 Å². The molecule has 0 bridgehead atoms. The van der Waals surface area contributed by atoms with E-state index in [1.807, 2.05) is 49.4 Å². The minimum atomic E-state index is -1.57. The molecule has 14 amide bonds. The molecule has 37 heteroatoms. The third-order valence-electron chi connectivity index (χ3n) is 20.6. The van der Waals surface area contributed by atoms with Crippen molar-refractivity contribution in [2.24, 2.45) is 28.9 Å². The van der Waals surface area contributed by atoms with Crippen molar-refractivity contribution in [3.05, 3.63) is 120 Å². The zero-order valence-corrected chi connectivity index (χ0v) is 66.2. The quantitative estimate of drug-likeness (QED) is 0.0207. The fourth-order valence-electron chi connectivity index (χ4n) is 14.3. The SMILES string of the molecule is CCCC[C@H](NC(=O)[C@@H]1CCCN1C(=O)[C@H](CCC(N)=O)NC(=O)CNC(=O)[C@@H]1CCCN1C(=O)[C@H](CCCCN)NC(=O)[C@H](CC(C)C)NC(=O)[C@H](CCC(N)=O)NC(=O)[C@H](C)NC(=O)[C@H](Cc1c[nH]c2ccccc12)NC(=O)[C@H](Cc1c[nH]cn1)NC(=O)[C@@H](N)Cc1c[nH]c2ccccc12)C(=O)N[C@@H](Cc1ccc(O)cc1)C(=O)O. The van der Waals surface area contributed by atoms with Crippen molar-refractivity contribution in [1.82, 2.24) is 82.9 Å². The fraction of sp³-hybridized carbons (Fsp3) is 0.500. The van der Waals surface area contributed by atoms with Gasteiger partial charge >= 0.3 is 5.97 Å². The van der Waals surface area contributed by atoms with Crippen LogP contribution in [0, 0.1) is 5.92 Å². The van der Waals surface area contributed by atoms with Crippen molar-refractivity contribution in [1.29, 1.82) is 0 Å². The first-order valence-corrected chi connectivity index (χ1v) is 39.6. The largest absolute Gasteiger partial charge is 0.508 e. The zero-order chi connectivity index (χ0) is 85.0. The predicted molar refractivity (Wildman–Crippen MR) is 428 cm³/mol. The summed E-state index contributed by atoms with van der Waals surface area (Å²) in [5.41, 5.74) is 27.2. The van der Waals surface area contributed by atoms with E-state index in [1.54, 1.807) is 32.3 Å². The number of amides is 14. The van der Waals surface area contributed by atoms with Crippen LogP contribution in [0.25, 0.3) is 21.8 Å². The van der Waals surface area contributed by atoms with Gasteiger partial charge in [0.05, 0.1) is 24.6 Å². The van der Waals surface area contributed by atoms with Crippen LogP contribution in [0.2, 0.25) is 0 Å². The van der Waals surface area contributed by atoms with Gasteiger partial charge in [-0.1, -0.05) is 82.1 Å². The van der Waals surface area contributed by atoms with Crippen molar-refractivity contribution in [3.8, 4) is 5.75 Å². The molecular weight excluding hydrogens is 1510 g/mol. The van der Waals surface area contributed by atoms with E-state index in [9.17, 15) is 82.1 Å². The summed E-state index contributed by atoms with van der Waals surface area (Å²) in [5.74, 6) is -13.0. The van der Waals surface area contributed by atoms with Crippen LogP contribution in [0.1, 0.15) is 146 Å². The number of carbonyl (C=O) groups excluding carboxylic acids is 14. The fourth-order valence-corrected chi connectivity index (χ4v) is 14.3. The van der Waals surface area contributed by atoms with Crippen LogP contribution in [0.5, 0.6) is 5.75 Å². The molecule has 0 spiro atoms. The summed E-state index contributed by atoms with van der Waals surface area (Å²) in [6, 6.07) is 4.44. The maximum Gasteiger partial charge on any atom is 0.326 e. The first kappa shape index (κ1) is 90.3. The molecule has 12 atom stereocenters. The number of hydrogen-bond acceptors (Lipinski definition) is 19. The zero-order valence-electron chi connectivity index (χ0n) is 66.2. The Kier molecular flexibility index (Phi) is 33.9. The summed E-state index contributed by atoms with van der Waals surface area (Å²) in [6.45, 7) is 6.24. The topological polar surface area (TPSA) is 588 Å². The molecule has 0 radical (unpaired) electrons. The second kappa shape index (κ2) is 44.0. The number of carboxylic acids is 1. The molecule has 3 aromatic carbocycles. The molecule has 2 saturated heterocycles. The van der Waals surface area contributed by atoms with Gasteiger partial charge in [-0.05, 0) is 137 Å². The summed E-state index contributed by atoms with van der Waals surface area (Å²) < 4.78 is 0. The third kappa shape index (κ3) is 26.6. The van der Waals surface area contributed by atoms with E-state index in [-0.39, 0.29) is 108 Å². The number of rotatable bonds is 46. The average molecular weight is 1620 g/mol. The summed E-state index contributed by atoms with van der Waals surface area (Å²) >= 11 is 0. The first-order valence-electron chi connectivity index (χ1n) is 39.6. The van der Waals surface area contributed by atoms with Gasteiger partial charge in [0.2, 0.25) is 82.7 Å². The van der Waals surface area contributed by atoms with Gasteiger partial charge in [-0.3, -0.25) is 67.1 Å². The van der Waals surface area contributed by atoms with Crippen LogP contribution in [-0.2, 0) is 97.6 Å². The molecule has 6 aromatic rings. The molecule has 0 saturated carbocycles. The smallest absolute Gasteiger partial charge is 0.326 e. The Morgan fingerprint density at radius 2 is 1.02 bits per heavy atom. The maximum absolute atomic E-state index is 14.8. The summed E-state index contributed by atoms with van der Waals surface area (Å²) in [5, 5.41) is 47.8. The van der Waals surface area contributed by atoms with Gasteiger partial charge in [0, 0.05) is 85.6 Å². The number of unbranched alkanes of at least 4 members (excludes halogenated alkanes) is 2. The van der Waals surface area contributed by atoms with Gasteiger partial charge in [0.25, 0.3) is 0 Å². The van der Waals surface area contributed by atoms with Crippen molar-refractivity contribution >= 4 is 110 Å². The number of H-pyrrole nitrogens is 3. The number of benzene rings is 3. The van der Waals surface area contributed by atoms with Gasteiger partial charge in [0.15, 0.2) is 0 Å². The molecular formula is C80H110N20O17. The Labute approximate surface area is 675 Å². The number of aromatic nitrogens is 4. The Morgan fingerprint density at radius 1 is 0.521 bits per heavy atom. The number of phenols is 1. The summed E-state index contributed by atoms with van der Waals surface area (Å²) in [6.07, 6.45) is 7.31. The van der Waals surface area contributed by atoms with Crippen LogP contribution in [0.3, 0.4) is 0 Å². The van der Waals surface area contributed by atoms with Gasteiger partial charge in [0.1, 0.15) is 72.2 Å². The number of fused-ring (bicyclic) bond motifs is 2. The summed E-state index contributed by atoms with van der Waals surface area (Å²) in [7, 11) is 0. The molecule has 2 fully saturated rings. The first-order chi connectivity index (χ1) is 55.9. The van der Waals surface area contributed by atoms with Gasteiger partial charge < -0.3 is 111 Å². The number of imidazole rings is 1. The molecule has 117 heavy (non-hydrogen) atoms. The van der Waals surface area contributed by atoms with Gasteiger partial charge in [-0.25, -0.2) is 9.78 Å². The minimum absolute atomic E-state index is 0.0138. The number of nitrogens with zero attached hydrogens (tertiary/aromatic N) is 3. The second-order valence-corrected chi connectivity index (χ2v) is 30.1. The Balaban J connectivity index is 0.901. The highest BCUT2D eigenvalue weighted by Gasteiger charge is 2.42. The Bertz CT molecular complexity index is 4470. The number of primary amides is 2. The van der Waals surface area contributed by atoms with Crippen LogP contribution in [-0.4, -0.2) is 227 Å². The number of carboxylic acid groups (broad SMARTS) is 1. The summed E-state index contributed by atoms with van der Waals surface area (Å²) in [4.78, 5) is 224. The van der Waals surface area contributed by atoms with Crippen LogP contribution < -0.4 is 76.1 Å². The second-order valence-electron chi connectivity index (χ2n) is 30.1. The predicted octanol–water partition coefficient (Wildman–Crippen LogP) is -0.862. The van der Waals surface area contributed by atoms with E-state index >= 15 is 0 Å². The molecule has 37 nitrogen and oxygen atoms in total. The van der Waals surface area contributed by atoms with E-state index in [0.29, 0.717) is 55.3 Å². The molecule has 23 N–H and O–H groups in total. The molecule has 632 valence electrons. The van der Waals surface area contributed by atoms with E-state index in [1.165, 1.54) is 53.5 Å². The lowest BCUT2D eigenvalue weighted by molar-refractivity contribution is -0.144. The highest BCUT2D eigenvalue weighted by molar-refractivity contribution is 6.00. The van der Waals surface area contributed by atoms with Crippen LogP contribution in [0.15, 0.2) is 97.7 Å². The lowest BCUT2D eigenvalue weighted by atomic mass is 10.0. The van der Waals surface area contributed by atoms with E-state index in [0.717, 1.165) is 27.4 Å². The number of aliphatic carboxylic acids is 1. The highest BCUT2D eigenvalue weighted by Crippen LogP contribution is 2.25. The van der Waals surface area contributed by atoms with Crippen LogP contribution in [0.4, 0.5) is 0 Å². The van der Waals surface area contributed by atoms with Crippen molar-refractivity contribution in [2.75, 3.05) is 26.2 Å². The number of phenolic OH excluding ortho intramolecular Hbond substituents is 1. The Morgan fingerprint density at radius 3 is 1.59 bits per heavy atom. The van der Waals surface area contributed by atoms with E-state index in [4.69, 9.17) is 22.9 Å². The number of likely N-dealkylation sites (tertiary alicyclic amines) is 2. The number of nitrogens with two attached hydrogens (primary N) is 4. The molecule has 5 heterocycles. The van der Waals surface area contributed by atoms with Crippen molar-refractivity contribution < 1.29 is 82.1 Å². The average Bonchev–Trinajstić information content (AvgIpc) is 1.69. The van der Waals surface area contributed by atoms with E-state index in [2.05, 4.69) is 73.1 Å². The lowest BCUT2D eigenvalue weighted by Crippen LogP contribution is -2.60. The number of aromatic hydroxyl groups is 1. The maximum atomic E-state index is 14.8. The monoisotopic (exact) mass is 1620 g/mol. The normalized spacial score (nSPS) is 16.5. The number of para-hydroxylation sites is 2. The number of carbonyl (C=O) groups is 15. The number of nitrogens with one attached hydrogen (secondary N) is 13. The minimum Gasteiger partial charge on any atom is -0.508 e. The molecule has 2 aliphatic rings. The number of aromatic amines is 3. The molecule has 8 rings (SSSR count). The van der Waals surface area contributed by atoms with E-state index < -0.39 is 174 Å². The van der Waals surface area contributed by atoms with Crippen molar-refractivity contribution in [3.63, 3.8) is 0 Å². The lowest BCUT2D eigenvalue weighted by Gasteiger charge is -2.31. The molecule has 0 unspecified atom stereocenters. The standard InChI is InChI=1S/C80H110N20O17/c1-5-6-17-56(71(107)98-63(80(116)117)35-46-23-25-50(101)26-24-46)93-77(113)65-22-14-33-100(65)79(115)59(28-30-67(84)103)91-68(104)42-88-76(112)64-21-13-32-99(64)78(114)58(20-11-12-31-81)94-74(110)60(34-44(2)3)96-72(108)57(27-29-66(83)102)92-69(105)45(4)90-73(109)61(37-48-40-87-55-19-10-8-16-52(48)55)97-75(111)62(38-49-41-85-43-89-49)95-70(106)53(82)36-47-39-86-54-18-9-7-15-51(47)54/h7-10,15-16,18-19,23-26,39-41,43-45,53,56-65,86-87,101H,5-6,11-14,17,20-22,27-38,42,81-82H2,1-4H3,(H2,83,102)(H2,84,103)(H,85,89)(H,88,112)(H,90,109)(H,91,104)(H,92,105)(H,93,113)(H,94,110)(H,95,106)(H,96,108)(H,97,111)(H,98,107)(H,116,117)/t45-,53-,56-,57-,58-,59-,60-,61-,62-,63-,64-,65-/m0/s1. The van der Waals surface area contributed by atoms with Crippen LogP contribution >= 0.6 is 0 Å².